The first kappa shape index (κ1) is 15.9. The number of carbonyl (C=O) groups excluding carboxylic acids is 1. The SMILES string of the molecule is Cc1ccc2[nH]c(C(=O)NCC3(Cn4ccnc4C)CC3)c(C)c2c1. The largest absolute Gasteiger partial charge is 0.350 e. The molecule has 0 saturated heterocycles. The molecule has 2 N–H and O–H groups in total. The van der Waals surface area contributed by atoms with Gasteiger partial charge in [-0.15, -0.1) is 0 Å². The molecule has 2 aromatic heterocycles. The van der Waals surface area contributed by atoms with Crippen molar-refractivity contribution in [2.75, 3.05) is 6.54 Å². The van der Waals surface area contributed by atoms with Gasteiger partial charge in [-0.05, 0) is 51.3 Å². The number of carbonyl (C=O) groups is 1. The van der Waals surface area contributed by atoms with Crippen molar-refractivity contribution in [3.63, 3.8) is 0 Å². The second kappa shape index (κ2) is 5.76. The fourth-order valence-electron chi connectivity index (χ4n) is 3.52. The Morgan fingerprint density at radius 1 is 1.32 bits per heavy atom. The molecule has 2 heterocycles. The molecule has 4 rings (SSSR count). The van der Waals surface area contributed by atoms with E-state index in [4.69, 9.17) is 0 Å². The lowest BCUT2D eigenvalue weighted by Crippen LogP contribution is -2.33. The molecule has 0 spiro atoms. The highest BCUT2D eigenvalue weighted by Gasteiger charge is 2.43. The van der Waals surface area contributed by atoms with Gasteiger partial charge in [0, 0.05) is 41.8 Å². The lowest BCUT2D eigenvalue weighted by Gasteiger charge is -2.17. The third-order valence-corrected chi connectivity index (χ3v) is 5.45. The number of aryl methyl sites for hydroxylation is 3. The lowest BCUT2D eigenvalue weighted by molar-refractivity contribution is 0.0938. The standard InChI is InChI=1S/C20H24N4O/c1-13-4-5-17-16(10-13)14(2)18(23-17)19(25)22-11-20(6-7-20)12-24-9-8-21-15(24)3/h4-5,8-10,23H,6-7,11-12H2,1-3H3,(H,22,25). The Labute approximate surface area is 147 Å². The highest BCUT2D eigenvalue weighted by Crippen LogP contribution is 2.46. The molecule has 130 valence electrons. The maximum absolute atomic E-state index is 12.7. The summed E-state index contributed by atoms with van der Waals surface area (Å²) in [5, 5.41) is 4.27. The monoisotopic (exact) mass is 336 g/mol. The molecule has 3 aromatic rings. The van der Waals surface area contributed by atoms with Gasteiger partial charge in [0.05, 0.1) is 0 Å². The van der Waals surface area contributed by atoms with E-state index < -0.39 is 0 Å². The molecule has 1 aromatic carbocycles. The van der Waals surface area contributed by atoms with Crippen molar-refractivity contribution in [2.45, 2.75) is 40.2 Å². The van der Waals surface area contributed by atoms with Gasteiger partial charge in [0.2, 0.25) is 0 Å². The zero-order valence-corrected chi connectivity index (χ0v) is 15.0. The maximum atomic E-state index is 12.7. The molecule has 5 nitrogen and oxygen atoms in total. The van der Waals surface area contributed by atoms with E-state index in [1.54, 1.807) is 0 Å². The second-order valence-corrected chi connectivity index (χ2v) is 7.46. The Kier molecular flexibility index (Phi) is 3.67. The summed E-state index contributed by atoms with van der Waals surface area (Å²) in [7, 11) is 0. The number of amides is 1. The number of rotatable bonds is 5. The molecule has 1 saturated carbocycles. The van der Waals surface area contributed by atoms with Crippen LogP contribution < -0.4 is 5.32 Å². The minimum Gasteiger partial charge on any atom is -0.350 e. The van der Waals surface area contributed by atoms with Crippen LogP contribution in [0.2, 0.25) is 0 Å². The van der Waals surface area contributed by atoms with Crippen molar-refractivity contribution in [3.8, 4) is 0 Å². The van der Waals surface area contributed by atoms with E-state index in [1.165, 1.54) is 5.56 Å². The van der Waals surface area contributed by atoms with E-state index in [0.717, 1.165) is 41.7 Å². The van der Waals surface area contributed by atoms with Crippen LogP contribution in [0.5, 0.6) is 0 Å². The maximum Gasteiger partial charge on any atom is 0.268 e. The Hall–Kier alpha value is -2.56. The van der Waals surface area contributed by atoms with Crippen molar-refractivity contribution < 1.29 is 4.79 Å². The predicted octanol–water partition coefficient (Wildman–Crippen LogP) is 3.50. The Bertz CT molecular complexity index is 946. The number of imidazole rings is 1. The van der Waals surface area contributed by atoms with Crippen LogP contribution in [0.4, 0.5) is 0 Å². The van der Waals surface area contributed by atoms with Gasteiger partial charge in [0.1, 0.15) is 11.5 Å². The highest BCUT2D eigenvalue weighted by molar-refractivity contribution is 6.01. The smallest absolute Gasteiger partial charge is 0.268 e. The fraction of sp³-hybridized carbons (Fsp3) is 0.400. The first-order valence-corrected chi connectivity index (χ1v) is 8.82. The van der Waals surface area contributed by atoms with Gasteiger partial charge in [0.15, 0.2) is 0 Å². The van der Waals surface area contributed by atoms with E-state index in [9.17, 15) is 4.79 Å². The van der Waals surface area contributed by atoms with Crippen LogP contribution in [-0.2, 0) is 6.54 Å². The van der Waals surface area contributed by atoms with Crippen LogP contribution >= 0.6 is 0 Å². The number of nitrogens with one attached hydrogen (secondary N) is 2. The first-order valence-electron chi connectivity index (χ1n) is 8.82. The van der Waals surface area contributed by atoms with Gasteiger partial charge in [0.25, 0.3) is 5.91 Å². The summed E-state index contributed by atoms with van der Waals surface area (Å²) < 4.78 is 2.18. The Morgan fingerprint density at radius 3 is 2.80 bits per heavy atom. The van der Waals surface area contributed by atoms with E-state index in [-0.39, 0.29) is 11.3 Å². The third kappa shape index (κ3) is 2.95. The Balaban J connectivity index is 1.47. The number of aromatic amines is 1. The summed E-state index contributed by atoms with van der Waals surface area (Å²) in [6.45, 7) is 7.72. The van der Waals surface area contributed by atoms with Gasteiger partial charge in [-0.2, -0.15) is 0 Å². The predicted molar refractivity (Wildman–Crippen MR) is 98.7 cm³/mol. The molecule has 5 heteroatoms. The topological polar surface area (TPSA) is 62.7 Å². The van der Waals surface area contributed by atoms with E-state index >= 15 is 0 Å². The molecule has 0 aliphatic heterocycles. The number of hydrogen-bond acceptors (Lipinski definition) is 2. The number of hydrogen-bond donors (Lipinski definition) is 2. The number of H-pyrrole nitrogens is 1. The second-order valence-electron chi connectivity index (χ2n) is 7.46. The summed E-state index contributed by atoms with van der Waals surface area (Å²) in [4.78, 5) is 20.3. The lowest BCUT2D eigenvalue weighted by atomic mass is 10.1. The van der Waals surface area contributed by atoms with E-state index in [1.807, 2.05) is 32.3 Å². The van der Waals surface area contributed by atoms with Gasteiger partial charge in [-0.25, -0.2) is 4.98 Å². The van der Waals surface area contributed by atoms with Crippen LogP contribution in [0, 0.1) is 26.2 Å². The molecule has 25 heavy (non-hydrogen) atoms. The highest BCUT2D eigenvalue weighted by atomic mass is 16.1. The minimum absolute atomic E-state index is 0.0139. The Morgan fingerprint density at radius 2 is 2.12 bits per heavy atom. The van der Waals surface area contributed by atoms with Crippen LogP contribution in [-0.4, -0.2) is 27.0 Å². The summed E-state index contributed by atoms with van der Waals surface area (Å²) in [6, 6.07) is 6.23. The minimum atomic E-state index is -0.0139. The summed E-state index contributed by atoms with van der Waals surface area (Å²) in [6.07, 6.45) is 6.15. The van der Waals surface area contributed by atoms with Crippen molar-refractivity contribution in [2.24, 2.45) is 5.41 Å². The van der Waals surface area contributed by atoms with Crippen LogP contribution in [0.1, 0.15) is 40.3 Å². The number of aromatic nitrogens is 3. The fourth-order valence-corrected chi connectivity index (χ4v) is 3.52. The molecule has 0 unspecified atom stereocenters. The molecule has 0 bridgehead atoms. The molecule has 1 aliphatic carbocycles. The quantitative estimate of drug-likeness (QED) is 0.749. The van der Waals surface area contributed by atoms with Crippen LogP contribution in [0.15, 0.2) is 30.6 Å². The molecule has 1 aliphatic rings. The van der Waals surface area contributed by atoms with Crippen molar-refractivity contribution in [1.82, 2.24) is 19.9 Å². The summed E-state index contributed by atoms with van der Waals surface area (Å²) >= 11 is 0. The average molecular weight is 336 g/mol. The average Bonchev–Trinajstić information content (AvgIpc) is 3.13. The molecule has 0 radical (unpaired) electrons. The van der Waals surface area contributed by atoms with E-state index in [0.29, 0.717) is 12.2 Å². The first-order chi connectivity index (χ1) is 12.0. The van der Waals surface area contributed by atoms with Crippen molar-refractivity contribution in [1.29, 1.82) is 0 Å². The van der Waals surface area contributed by atoms with Gasteiger partial charge in [-0.1, -0.05) is 11.6 Å². The van der Waals surface area contributed by atoms with Crippen molar-refractivity contribution in [3.05, 3.63) is 53.2 Å². The van der Waals surface area contributed by atoms with Gasteiger partial charge < -0.3 is 14.9 Å². The summed E-state index contributed by atoms with van der Waals surface area (Å²) in [5.41, 5.74) is 4.09. The zero-order chi connectivity index (χ0) is 17.6. The van der Waals surface area contributed by atoms with Gasteiger partial charge >= 0.3 is 0 Å². The van der Waals surface area contributed by atoms with E-state index in [2.05, 4.69) is 38.9 Å². The number of benzene rings is 1. The molecular formula is C20H24N4O. The number of fused-ring (bicyclic) bond motifs is 1. The van der Waals surface area contributed by atoms with Gasteiger partial charge in [-0.3, -0.25) is 4.79 Å². The molecule has 0 atom stereocenters. The third-order valence-electron chi connectivity index (χ3n) is 5.45. The normalized spacial score (nSPS) is 15.5. The molecular weight excluding hydrogens is 312 g/mol. The molecule has 1 amide bonds. The number of nitrogens with zero attached hydrogens (tertiary/aromatic N) is 2. The zero-order valence-electron chi connectivity index (χ0n) is 15.0. The molecule has 1 fully saturated rings. The summed E-state index contributed by atoms with van der Waals surface area (Å²) in [5.74, 6) is 1.01. The van der Waals surface area contributed by atoms with Crippen LogP contribution in [0.3, 0.4) is 0 Å². The van der Waals surface area contributed by atoms with Crippen LogP contribution in [0.25, 0.3) is 10.9 Å². The van der Waals surface area contributed by atoms with Crippen molar-refractivity contribution >= 4 is 16.8 Å².